The first-order chi connectivity index (χ1) is 13.6. The summed E-state index contributed by atoms with van der Waals surface area (Å²) in [4.78, 5) is 13.9. The van der Waals surface area contributed by atoms with Crippen molar-refractivity contribution in [2.24, 2.45) is 5.73 Å². The number of fused-ring (bicyclic) bond motifs is 1. The van der Waals surface area contributed by atoms with Gasteiger partial charge in [0.05, 0.1) is 11.6 Å². The fourth-order valence-corrected chi connectivity index (χ4v) is 4.05. The van der Waals surface area contributed by atoms with Gasteiger partial charge in [0.25, 0.3) is 0 Å². The summed E-state index contributed by atoms with van der Waals surface area (Å²) in [6.45, 7) is 2.55. The van der Waals surface area contributed by atoms with Crippen LogP contribution in [0.1, 0.15) is 51.9 Å². The van der Waals surface area contributed by atoms with Crippen molar-refractivity contribution in [1.29, 1.82) is 5.26 Å². The van der Waals surface area contributed by atoms with Gasteiger partial charge in [-0.1, -0.05) is 18.6 Å². The van der Waals surface area contributed by atoms with E-state index < -0.39 is 5.91 Å². The van der Waals surface area contributed by atoms with Crippen molar-refractivity contribution < 1.29 is 9.53 Å². The quantitative estimate of drug-likeness (QED) is 0.870. The smallest absolute Gasteiger partial charge is 0.248 e. The van der Waals surface area contributed by atoms with Crippen LogP contribution in [-0.4, -0.2) is 29.9 Å². The SMILES string of the molecule is N#Cc1cc(C(N)=O)ccc1COc1ccc2c(c1)CCN(C1CCC1)CC2. The van der Waals surface area contributed by atoms with Gasteiger partial charge in [-0.2, -0.15) is 5.26 Å². The van der Waals surface area contributed by atoms with Crippen molar-refractivity contribution in [2.75, 3.05) is 13.1 Å². The van der Waals surface area contributed by atoms with Gasteiger partial charge in [-0.25, -0.2) is 0 Å². The third-order valence-electron chi connectivity index (χ3n) is 6.01. The molecule has 2 N–H and O–H groups in total. The molecule has 0 bridgehead atoms. The first-order valence-electron chi connectivity index (χ1n) is 9.95. The van der Waals surface area contributed by atoms with Crippen LogP contribution in [-0.2, 0) is 19.4 Å². The molecular weight excluding hydrogens is 350 g/mol. The molecule has 1 amide bonds. The minimum atomic E-state index is -0.536. The van der Waals surface area contributed by atoms with Crippen LogP contribution in [0.3, 0.4) is 0 Å². The van der Waals surface area contributed by atoms with Crippen LogP contribution in [0, 0.1) is 11.3 Å². The highest BCUT2D eigenvalue weighted by atomic mass is 16.5. The van der Waals surface area contributed by atoms with Crippen LogP contribution < -0.4 is 10.5 Å². The molecular formula is C23H25N3O2. The molecule has 2 aromatic rings. The zero-order chi connectivity index (χ0) is 19.5. The van der Waals surface area contributed by atoms with Crippen LogP contribution >= 0.6 is 0 Å². The number of hydrogen-bond acceptors (Lipinski definition) is 4. The highest BCUT2D eigenvalue weighted by Crippen LogP contribution is 2.29. The number of nitrogens with two attached hydrogens (primary N) is 1. The molecule has 1 aliphatic carbocycles. The minimum absolute atomic E-state index is 0.287. The number of ether oxygens (including phenoxy) is 1. The fraction of sp³-hybridized carbons (Fsp3) is 0.391. The summed E-state index contributed by atoms with van der Waals surface area (Å²) < 4.78 is 5.97. The Bertz CT molecular complexity index is 928. The highest BCUT2D eigenvalue weighted by Gasteiger charge is 2.26. The molecule has 4 rings (SSSR count). The molecule has 28 heavy (non-hydrogen) atoms. The summed E-state index contributed by atoms with van der Waals surface area (Å²) in [6.07, 6.45) is 6.22. The van der Waals surface area contributed by atoms with Gasteiger partial charge in [0.2, 0.25) is 5.91 Å². The predicted octanol–water partition coefficient (Wildman–Crippen LogP) is 3.19. The maximum atomic E-state index is 11.3. The molecule has 5 heteroatoms. The van der Waals surface area contributed by atoms with Gasteiger partial charge in [-0.05, 0) is 61.1 Å². The number of carbonyl (C=O) groups is 1. The number of primary amides is 1. The Morgan fingerprint density at radius 1 is 1.14 bits per heavy atom. The molecule has 1 heterocycles. The van der Waals surface area contributed by atoms with E-state index in [1.165, 1.54) is 36.5 Å². The summed E-state index contributed by atoms with van der Waals surface area (Å²) in [5, 5.41) is 9.34. The van der Waals surface area contributed by atoms with E-state index in [1.54, 1.807) is 12.1 Å². The van der Waals surface area contributed by atoms with E-state index in [0.29, 0.717) is 11.1 Å². The van der Waals surface area contributed by atoms with E-state index in [1.807, 2.05) is 6.07 Å². The van der Waals surface area contributed by atoms with Gasteiger partial charge >= 0.3 is 0 Å². The lowest BCUT2D eigenvalue weighted by Gasteiger charge is -2.36. The summed E-state index contributed by atoms with van der Waals surface area (Å²) in [6, 6.07) is 14.1. The molecule has 1 saturated carbocycles. The standard InChI is InChI=1S/C23H25N3O2/c24-14-20-12-18(23(25)27)4-5-19(20)15-28-22-7-6-16-8-10-26(21-2-1-3-21)11-9-17(16)13-22/h4-7,12-13,21H,1-3,8-11,15H2,(H2,25,27). The third kappa shape index (κ3) is 3.88. The van der Waals surface area contributed by atoms with Crippen molar-refractivity contribution in [3.63, 3.8) is 0 Å². The zero-order valence-electron chi connectivity index (χ0n) is 16.0. The second-order valence-electron chi connectivity index (χ2n) is 7.69. The zero-order valence-corrected chi connectivity index (χ0v) is 16.0. The van der Waals surface area contributed by atoms with Crippen molar-refractivity contribution >= 4 is 5.91 Å². The number of nitrogens with zero attached hydrogens (tertiary/aromatic N) is 2. The Labute approximate surface area is 165 Å². The normalized spacial score (nSPS) is 17.1. The molecule has 0 spiro atoms. The first kappa shape index (κ1) is 18.5. The van der Waals surface area contributed by atoms with Gasteiger partial charge in [0.15, 0.2) is 0 Å². The van der Waals surface area contributed by atoms with E-state index in [4.69, 9.17) is 10.5 Å². The van der Waals surface area contributed by atoms with Crippen LogP contribution in [0.25, 0.3) is 0 Å². The van der Waals surface area contributed by atoms with Crippen LogP contribution in [0.4, 0.5) is 0 Å². The molecule has 0 atom stereocenters. The van der Waals surface area contributed by atoms with Gasteiger partial charge in [0.1, 0.15) is 12.4 Å². The summed E-state index contributed by atoms with van der Waals surface area (Å²) in [7, 11) is 0. The minimum Gasteiger partial charge on any atom is -0.489 e. The number of amides is 1. The molecule has 2 aromatic carbocycles. The summed E-state index contributed by atoms with van der Waals surface area (Å²) in [5.74, 6) is 0.282. The molecule has 5 nitrogen and oxygen atoms in total. The summed E-state index contributed by atoms with van der Waals surface area (Å²) >= 11 is 0. The maximum absolute atomic E-state index is 11.3. The Hall–Kier alpha value is -2.84. The number of carbonyl (C=O) groups excluding carboxylic acids is 1. The molecule has 0 aromatic heterocycles. The molecule has 144 valence electrons. The third-order valence-corrected chi connectivity index (χ3v) is 6.01. The molecule has 2 aliphatic rings. The lowest BCUT2D eigenvalue weighted by atomic mass is 9.91. The van der Waals surface area contributed by atoms with E-state index in [2.05, 4.69) is 23.1 Å². The van der Waals surface area contributed by atoms with Crippen LogP contribution in [0.2, 0.25) is 0 Å². The van der Waals surface area contributed by atoms with Gasteiger partial charge in [-0.15, -0.1) is 0 Å². The second-order valence-corrected chi connectivity index (χ2v) is 7.69. The van der Waals surface area contributed by atoms with Crippen molar-refractivity contribution in [3.8, 4) is 11.8 Å². The monoisotopic (exact) mass is 375 g/mol. The molecule has 0 saturated heterocycles. The molecule has 1 aliphatic heterocycles. The van der Waals surface area contributed by atoms with Crippen molar-refractivity contribution in [3.05, 3.63) is 64.2 Å². The second kappa shape index (κ2) is 8.04. The number of nitriles is 1. The average Bonchev–Trinajstić information content (AvgIpc) is 2.87. The Kier molecular flexibility index (Phi) is 5.31. The first-order valence-corrected chi connectivity index (χ1v) is 9.95. The van der Waals surface area contributed by atoms with E-state index in [9.17, 15) is 10.1 Å². The highest BCUT2D eigenvalue weighted by molar-refractivity contribution is 5.93. The lowest BCUT2D eigenvalue weighted by Crippen LogP contribution is -2.41. The molecule has 1 fully saturated rings. The van der Waals surface area contributed by atoms with E-state index in [0.717, 1.165) is 43.3 Å². The van der Waals surface area contributed by atoms with Crippen LogP contribution in [0.15, 0.2) is 36.4 Å². The topological polar surface area (TPSA) is 79.3 Å². The number of hydrogen-bond donors (Lipinski definition) is 1. The Morgan fingerprint density at radius 2 is 1.93 bits per heavy atom. The Morgan fingerprint density at radius 3 is 2.61 bits per heavy atom. The van der Waals surface area contributed by atoms with Crippen LogP contribution in [0.5, 0.6) is 5.75 Å². The Balaban J connectivity index is 1.44. The average molecular weight is 375 g/mol. The lowest BCUT2D eigenvalue weighted by molar-refractivity contribution is 0.1000. The molecule has 0 radical (unpaired) electrons. The van der Waals surface area contributed by atoms with Crippen molar-refractivity contribution in [1.82, 2.24) is 4.90 Å². The van der Waals surface area contributed by atoms with Crippen molar-refractivity contribution in [2.45, 2.75) is 44.8 Å². The van der Waals surface area contributed by atoms with Gasteiger partial charge in [-0.3, -0.25) is 9.69 Å². The number of rotatable bonds is 5. The van der Waals surface area contributed by atoms with Gasteiger partial charge < -0.3 is 10.5 Å². The summed E-state index contributed by atoms with van der Waals surface area (Å²) in [5.41, 5.74) is 9.57. The fourth-order valence-electron chi connectivity index (χ4n) is 4.05. The van der Waals surface area contributed by atoms with E-state index in [-0.39, 0.29) is 6.61 Å². The van der Waals surface area contributed by atoms with Gasteiger partial charge in [0, 0.05) is 30.3 Å². The molecule has 0 unspecified atom stereocenters. The maximum Gasteiger partial charge on any atom is 0.248 e. The largest absolute Gasteiger partial charge is 0.489 e. The number of benzene rings is 2. The predicted molar refractivity (Wildman–Crippen MR) is 107 cm³/mol. The van der Waals surface area contributed by atoms with E-state index >= 15 is 0 Å².